The number of rotatable bonds is 7. The summed E-state index contributed by atoms with van der Waals surface area (Å²) >= 11 is 1.00. The third-order valence-electron chi connectivity index (χ3n) is 6.96. The van der Waals surface area contributed by atoms with E-state index < -0.39 is 17.0 Å². The number of hydrogen-bond acceptors (Lipinski definition) is 11. The highest BCUT2D eigenvalue weighted by atomic mass is 32.1. The third kappa shape index (κ3) is 4.74. The summed E-state index contributed by atoms with van der Waals surface area (Å²) in [6, 6.07) is 1.74. The van der Waals surface area contributed by atoms with Gasteiger partial charge < -0.3 is 20.1 Å². The highest BCUT2D eigenvalue weighted by Crippen LogP contribution is 2.28. The Morgan fingerprint density at radius 3 is 2.82 bits per heavy atom. The van der Waals surface area contributed by atoms with Crippen molar-refractivity contribution in [2.24, 2.45) is 5.92 Å². The van der Waals surface area contributed by atoms with Crippen molar-refractivity contribution >= 4 is 40.3 Å². The Balaban J connectivity index is 1.29. The van der Waals surface area contributed by atoms with E-state index in [0.29, 0.717) is 36.1 Å². The summed E-state index contributed by atoms with van der Waals surface area (Å²) in [4.78, 5) is 52.7. The Kier molecular flexibility index (Phi) is 6.52. The van der Waals surface area contributed by atoms with E-state index in [1.54, 1.807) is 13.0 Å². The van der Waals surface area contributed by atoms with E-state index in [2.05, 4.69) is 24.8 Å². The first-order valence-electron chi connectivity index (χ1n) is 12.5. The summed E-state index contributed by atoms with van der Waals surface area (Å²) in [7, 11) is 0. The molecule has 14 nitrogen and oxygen atoms in total. The number of anilines is 1. The number of nitrogens with one attached hydrogen (secondary N) is 1. The van der Waals surface area contributed by atoms with Gasteiger partial charge in [0.05, 0.1) is 17.4 Å². The number of hydrogen-bond donors (Lipinski definition) is 2. The standard InChI is InChI=1S/C24H25N9O5S/c1-13-6-17(31-8-14(9-31)21(35)26-7-15-4-2-3-5-38-15)28-20-18(13)19(34)16(22(36)37)10-32(20)24-29-23(30-39-24)33-12-25-11-27-33/h6,10-12,14-15H,2-5,7-9H2,1H3,(H,26,35)(H,36,37). The Labute approximate surface area is 225 Å². The van der Waals surface area contributed by atoms with Gasteiger partial charge in [-0.05, 0) is 37.8 Å². The summed E-state index contributed by atoms with van der Waals surface area (Å²) in [6.07, 6.45) is 7.21. The Hall–Kier alpha value is -4.24. The topological polar surface area (TPSA) is 170 Å². The number of carboxylic acids is 1. The number of ether oxygens (including phenoxy) is 1. The molecule has 6 heterocycles. The lowest BCUT2D eigenvalue weighted by Gasteiger charge is -2.39. The predicted octanol–water partition coefficient (Wildman–Crippen LogP) is 0.946. The quantitative estimate of drug-likeness (QED) is 0.335. The second kappa shape index (κ2) is 10.1. The van der Waals surface area contributed by atoms with Crippen LogP contribution in [0.2, 0.25) is 0 Å². The monoisotopic (exact) mass is 551 g/mol. The average molecular weight is 552 g/mol. The molecule has 0 radical (unpaired) electrons. The summed E-state index contributed by atoms with van der Waals surface area (Å²) in [5.41, 5.74) is -0.207. The molecule has 1 atom stereocenters. The molecule has 2 saturated heterocycles. The molecule has 4 aromatic rings. The first kappa shape index (κ1) is 25.1. The maximum Gasteiger partial charge on any atom is 0.341 e. The fourth-order valence-electron chi connectivity index (χ4n) is 4.81. The van der Waals surface area contributed by atoms with Crippen LogP contribution >= 0.6 is 11.5 Å². The van der Waals surface area contributed by atoms with Gasteiger partial charge in [0, 0.05) is 44.0 Å². The number of carbonyl (C=O) groups is 2. The largest absolute Gasteiger partial charge is 0.477 e. The second-order valence-corrected chi connectivity index (χ2v) is 10.3. The fraction of sp³-hybridized carbons (Fsp3) is 0.417. The van der Waals surface area contributed by atoms with E-state index in [1.807, 2.05) is 4.90 Å². The van der Waals surface area contributed by atoms with Crippen LogP contribution in [0.15, 0.2) is 29.7 Å². The number of fused-ring (bicyclic) bond motifs is 1. The summed E-state index contributed by atoms with van der Waals surface area (Å²) in [6.45, 7) is 3.94. The van der Waals surface area contributed by atoms with Crippen molar-refractivity contribution < 1.29 is 19.4 Å². The van der Waals surface area contributed by atoms with E-state index in [9.17, 15) is 19.5 Å². The molecule has 6 rings (SSSR count). The van der Waals surface area contributed by atoms with Crippen LogP contribution in [0.1, 0.15) is 35.2 Å². The van der Waals surface area contributed by atoms with E-state index in [0.717, 1.165) is 37.4 Å². The van der Waals surface area contributed by atoms with Crippen LogP contribution in [0, 0.1) is 12.8 Å². The lowest BCUT2D eigenvalue weighted by atomic mass is 9.98. The molecule has 2 aliphatic heterocycles. The van der Waals surface area contributed by atoms with Crippen molar-refractivity contribution in [2.75, 3.05) is 31.1 Å². The maximum absolute atomic E-state index is 13.1. The number of carboxylic acid groups (broad SMARTS) is 1. The molecule has 0 saturated carbocycles. The molecule has 2 fully saturated rings. The molecule has 0 bridgehead atoms. The zero-order chi connectivity index (χ0) is 27.1. The molecule has 2 N–H and O–H groups in total. The van der Waals surface area contributed by atoms with Gasteiger partial charge >= 0.3 is 5.97 Å². The molecular weight excluding hydrogens is 526 g/mol. The van der Waals surface area contributed by atoms with Crippen molar-refractivity contribution in [1.82, 2.24) is 39.0 Å². The number of aromatic carboxylic acids is 1. The molecule has 1 amide bonds. The van der Waals surface area contributed by atoms with Gasteiger partial charge in [-0.2, -0.15) is 14.8 Å². The smallest absolute Gasteiger partial charge is 0.341 e. The van der Waals surface area contributed by atoms with Crippen LogP contribution in [0.4, 0.5) is 5.82 Å². The number of carbonyl (C=O) groups excluding carboxylic acids is 1. The molecule has 0 aromatic carbocycles. The predicted molar refractivity (Wildman–Crippen MR) is 140 cm³/mol. The highest BCUT2D eigenvalue weighted by Gasteiger charge is 2.34. The van der Waals surface area contributed by atoms with Crippen molar-refractivity contribution in [3.05, 3.63) is 46.3 Å². The number of aryl methyl sites for hydroxylation is 1. The van der Waals surface area contributed by atoms with Crippen LogP contribution in [0.3, 0.4) is 0 Å². The van der Waals surface area contributed by atoms with Crippen LogP contribution in [-0.4, -0.2) is 83.0 Å². The molecule has 15 heteroatoms. The van der Waals surface area contributed by atoms with Crippen LogP contribution in [0.25, 0.3) is 22.1 Å². The van der Waals surface area contributed by atoms with Crippen molar-refractivity contribution in [2.45, 2.75) is 32.3 Å². The van der Waals surface area contributed by atoms with E-state index in [-0.39, 0.29) is 34.9 Å². The normalized spacial score (nSPS) is 17.8. The van der Waals surface area contributed by atoms with Crippen molar-refractivity contribution in [1.29, 1.82) is 0 Å². The Morgan fingerprint density at radius 2 is 2.10 bits per heavy atom. The highest BCUT2D eigenvalue weighted by molar-refractivity contribution is 7.08. The lowest BCUT2D eigenvalue weighted by Crippen LogP contribution is -2.55. The first-order chi connectivity index (χ1) is 18.9. The molecule has 0 aliphatic carbocycles. The number of pyridine rings is 2. The number of amides is 1. The van der Waals surface area contributed by atoms with E-state index in [1.165, 1.54) is 28.1 Å². The average Bonchev–Trinajstić information content (AvgIpc) is 3.60. The molecule has 39 heavy (non-hydrogen) atoms. The van der Waals surface area contributed by atoms with Gasteiger partial charge in [-0.15, -0.1) is 4.37 Å². The number of aromatic nitrogens is 7. The zero-order valence-electron chi connectivity index (χ0n) is 21.0. The Bertz CT molecular complexity index is 1600. The minimum absolute atomic E-state index is 0.0181. The lowest BCUT2D eigenvalue weighted by molar-refractivity contribution is -0.126. The van der Waals surface area contributed by atoms with Crippen LogP contribution < -0.4 is 15.6 Å². The summed E-state index contributed by atoms with van der Waals surface area (Å²) < 4.78 is 12.8. The van der Waals surface area contributed by atoms with Gasteiger partial charge in [0.2, 0.25) is 16.5 Å². The molecule has 1 unspecified atom stereocenters. The minimum Gasteiger partial charge on any atom is -0.477 e. The molecule has 0 spiro atoms. The summed E-state index contributed by atoms with van der Waals surface area (Å²) in [5.74, 6) is -0.724. The second-order valence-electron chi connectivity index (χ2n) is 9.60. The Morgan fingerprint density at radius 1 is 1.26 bits per heavy atom. The fourth-order valence-corrected chi connectivity index (χ4v) is 5.44. The van der Waals surface area contributed by atoms with Crippen LogP contribution in [-0.2, 0) is 9.53 Å². The van der Waals surface area contributed by atoms with E-state index >= 15 is 0 Å². The molecule has 202 valence electrons. The minimum atomic E-state index is -1.35. The maximum atomic E-state index is 13.1. The first-order valence-corrected chi connectivity index (χ1v) is 13.3. The van der Waals surface area contributed by atoms with Crippen LogP contribution in [0.5, 0.6) is 0 Å². The van der Waals surface area contributed by atoms with Gasteiger partial charge in [0.25, 0.3) is 5.95 Å². The SMILES string of the molecule is Cc1cc(N2CC(C(=O)NCC3CCCCO3)C2)nc2c1c(=O)c(C(=O)O)cn2-c1nc(-n2cncn2)ns1. The van der Waals surface area contributed by atoms with Gasteiger partial charge in [0.15, 0.2) is 5.65 Å². The number of nitrogens with zero attached hydrogens (tertiary/aromatic N) is 8. The van der Waals surface area contributed by atoms with Gasteiger partial charge in [-0.3, -0.25) is 14.2 Å². The molecule has 2 aliphatic rings. The van der Waals surface area contributed by atoms with Gasteiger partial charge in [-0.25, -0.2) is 14.8 Å². The summed E-state index contributed by atoms with van der Waals surface area (Å²) in [5, 5.41) is 17.2. The van der Waals surface area contributed by atoms with Crippen molar-refractivity contribution in [3.63, 3.8) is 0 Å². The third-order valence-corrected chi connectivity index (χ3v) is 7.67. The molecular formula is C24H25N9O5S. The molecule has 4 aromatic heterocycles. The van der Waals surface area contributed by atoms with Gasteiger partial charge in [-0.1, -0.05) is 0 Å². The van der Waals surface area contributed by atoms with E-state index in [4.69, 9.17) is 9.72 Å². The van der Waals surface area contributed by atoms with Gasteiger partial charge in [0.1, 0.15) is 24.0 Å². The van der Waals surface area contributed by atoms with Crippen molar-refractivity contribution in [3.8, 4) is 11.1 Å². The zero-order valence-corrected chi connectivity index (χ0v) is 21.8.